The summed E-state index contributed by atoms with van der Waals surface area (Å²) in [6.45, 7) is -0.442. The lowest BCUT2D eigenvalue weighted by atomic mass is 10.0. The van der Waals surface area contributed by atoms with Crippen molar-refractivity contribution in [2.24, 2.45) is 0 Å². The van der Waals surface area contributed by atoms with E-state index in [0.29, 0.717) is 4.43 Å². The van der Waals surface area contributed by atoms with Crippen LogP contribution in [0.25, 0.3) is 0 Å². The molecule has 7 heteroatoms. The van der Waals surface area contributed by atoms with E-state index < -0.39 is 31.0 Å². The van der Waals surface area contributed by atoms with Crippen molar-refractivity contribution in [1.29, 1.82) is 0 Å². The number of hydrogen-bond donors (Lipinski definition) is 4. The summed E-state index contributed by atoms with van der Waals surface area (Å²) >= 11 is 2.02. The average molecular weight is 334 g/mol. The number of rotatable bonds is 8. The quantitative estimate of drug-likeness (QED) is 0.234. The third-order valence-corrected chi connectivity index (χ3v) is 2.22. The van der Waals surface area contributed by atoms with Crippen LogP contribution in [0, 0.1) is 0 Å². The first-order valence-electron chi connectivity index (χ1n) is 4.36. The monoisotopic (exact) mass is 334 g/mol. The Hall–Kier alpha value is 0.200. The number of ether oxygens (including phenoxy) is 1. The molecule has 15 heavy (non-hydrogen) atoms. The van der Waals surface area contributed by atoms with Gasteiger partial charge in [0.1, 0.15) is 24.4 Å². The van der Waals surface area contributed by atoms with Gasteiger partial charge in [-0.1, -0.05) is 22.6 Å². The second kappa shape index (κ2) is 8.36. The van der Waals surface area contributed by atoms with E-state index in [1.54, 1.807) is 0 Å². The molecule has 0 unspecified atom stereocenters. The maximum Gasteiger partial charge on any atom is 0.151 e. The molecule has 0 saturated carbocycles. The summed E-state index contributed by atoms with van der Waals surface area (Å²) in [5.74, 6) is 0. The lowest BCUT2D eigenvalue weighted by Gasteiger charge is -2.27. The summed E-state index contributed by atoms with van der Waals surface area (Å²) in [5.41, 5.74) is 0. The van der Waals surface area contributed by atoms with Gasteiger partial charge in [0.15, 0.2) is 6.29 Å². The summed E-state index contributed by atoms with van der Waals surface area (Å²) in [7, 11) is 0. The van der Waals surface area contributed by atoms with Gasteiger partial charge in [0.05, 0.1) is 13.2 Å². The van der Waals surface area contributed by atoms with Crippen LogP contribution < -0.4 is 0 Å². The molecule has 0 radical (unpaired) electrons. The Labute approximate surface area is 101 Å². The van der Waals surface area contributed by atoms with Crippen LogP contribution in [0.1, 0.15) is 0 Å². The predicted octanol–water partition coefficient (Wildman–Crippen LogP) is -1.92. The van der Waals surface area contributed by atoms with Gasteiger partial charge < -0.3 is 30.0 Å². The highest BCUT2D eigenvalue weighted by Gasteiger charge is 2.32. The normalized spacial score (nSPS) is 19.3. The summed E-state index contributed by atoms with van der Waals surface area (Å²) in [5, 5.41) is 36.4. The fourth-order valence-electron chi connectivity index (χ4n) is 0.984. The summed E-state index contributed by atoms with van der Waals surface area (Å²) in [6.07, 6.45) is -5.48. The van der Waals surface area contributed by atoms with Crippen molar-refractivity contribution in [1.82, 2.24) is 0 Å². The second-order valence-corrected chi connectivity index (χ2v) is 3.97. The Morgan fingerprint density at radius 2 is 1.93 bits per heavy atom. The maximum absolute atomic E-state index is 10.3. The third-order valence-electron chi connectivity index (χ3n) is 1.78. The zero-order valence-corrected chi connectivity index (χ0v) is 10.1. The molecule has 0 heterocycles. The molecule has 0 aromatic rings. The molecule has 0 aromatic heterocycles. The van der Waals surface area contributed by atoms with E-state index in [9.17, 15) is 15.0 Å². The van der Waals surface area contributed by atoms with Crippen molar-refractivity contribution in [3.63, 3.8) is 0 Å². The first kappa shape index (κ1) is 15.2. The highest BCUT2D eigenvalue weighted by Crippen LogP contribution is 2.09. The fraction of sp³-hybridized carbons (Fsp3) is 0.875. The van der Waals surface area contributed by atoms with Crippen LogP contribution >= 0.6 is 22.6 Å². The summed E-state index contributed by atoms with van der Waals surface area (Å²) in [4.78, 5) is 10.3. The highest BCUT2D eigenvalue weighted by molar-refractivity contribution is 14.1. The number of hydrogen-bond acceptors (Lipinski definition) is 6. The molecular weight excluding hydrogens is 319 g/mol. The second-order valence-electron chi connectivity index (χ2n) is 2.89. The zero-order chi connectivity index (χ0) is 11.8. The Bertz CT molecular complexity index is 179. The molecule has 0 rings (SSSR count). The molecule has 6 nitrogen and oxygen atoms in total. The number of aldehydes is 1. The van der Waals surface area contributed by atoms with E-state index in [1.807, 2.05) is 22.6 Å². The minimum Gasteiger partial charge on any atom is -0.394 e. The molecule has 0 aromatic carbocycles. The SMILES string of the molecule is O=C[C@H](O)[C@@H](OCCI)[C@H](O)[C@H](O)CO. The average Bonchev–Trinajstić information content (AvgIpc) is 2.27. The minimum absolute atomic E-state index is 0.213. The van der Waals surface area contributed by atoms with Crippen LogP contribution in [-0.4, -0.2) is 68.8 Å². The number of carbonyl (C=O) groups is 1. The topological polar surface area (TPSA) is 107 Å². The van der Waals surface area contributed by atoms with E-state index in [4.69, 9.17) is 14.9 Å². The molecule has 0 aliphatic heterocycles. The maximum atomic E-state index is 10.3. The van der Waals surface area contributed by atoms with Crippen molar-refractivity contribution >= 4 is 28.9 Å². The molecule has 4 atom stereocenters. The fourth-order valence-corrected chi connectivity index (χ4v) is 1.24. The number of alkyl halides is 1. The Morgan fingerprint density at radius 1 is 1.33 bits per heavy atom. The van der Waals surface area contributed by atoms with Crippen LogP contribution in [0.4, 0.5) is 0 Å². The lowest BCUT2D eigenvalue weighted by molar-refractivity contribution is -0.148. The highest BCUT2D eigenvalue weighted by atomic mass is 127. The Balaban J connectivity index is 4.38. The number of aliphatic hydroxyl groups excluding tert-OH is 4. The number of halogens is 1. The lowest BCUT2D eigenvalue weighted by Crippen LogP contribution is -2.48. The van der Waals surface area contributed by atoms with E-state index in [-0.39, 0.29) is 12.9 Å². The molecule has 0 fully saturated rings. The molecule has 0 bridgehead atoms. The van der Waals surface area contributed by atoms with Crippen molar-refractivity contribution < 1.29 is 30.0 Å². The van der Waals surface area contributed by atoms with Gasteiger partial charge in [-0.25, -0.2) is 0 Å². The standard InChI is InChI=1S/C8H15IO6/c9-1-2-15-8(6(13)4-11)7(14)5(12)3-10/h4-8,10,12-14H,1-3H2/t5-,6+,7-,8-/m1/s1. The van der Waals surface area contributed by atoms with Gasteiger partial charge in [-0.2, -0.15) is 0 Å². The van der Waals surface area contributed by atoms with Crippen LogP contribution in [-0.2, 0) is 9.53 Å². The van der Waals surface area contributed by atoms with Gasteiger partial charge in [-0.3, -0.25) is 0 Å². The van der Waals surface area contributed by atoms with Crippen molar-refractivity contribution in [2.45, 2.75) is 24.4 Å². The summed E-state index contributed by atoms with van der Waals surface area (Å²) in [6, 6.07) is 0. The van der Waals surface area contributed by atoms with Crippen LogP contribution in [0.15, 0.2) is 0 Å². The molecule has 0 saturated heterocycles. The van der Waals surface area contributed by atoms with Gasteiger partial charge in [0, 0.05) is 4.43 Å². The van der Waals surface area contributed by atoms with E-state index in [0.717, 1.165) is 0 Å². The van der Waals surface area contributed by atoms with E-state index in [1.165, 1.54) is 0 Å². The molecule has 0 amide bonds. The first-order valence-corrected chi connectivity index (χ1v) is 5.89. The first-order chi connectivity index (χ1) is 7.08. The van der Waals surface area contributed by atoms with Gasteiger partial charge >= 0.3 is 0 Å². The van der Waals surface area contributed by atoms with Crippen molar-refractivity contribution in [2.75, 3.05) is 17.6 Å². The van der Waals surface area contributed by atoms with E-state index in [2.05, 4.69) is 0 Å². The predicted molar refractivity (Wildman–Crippen MR) is 59.8 cm³/mol. The smallest absolute Gasteiger partial charge is 0.151 e. The van der Waals surface area contributed by atoms with Crippen molar-refractivity contribution in [3.05, 3.63) is 0 Å². The minimum atomic E-state index is -1.52. The Morgan fingerprint density at radius 3 is 2.33 bits per heavy atom. The van der Waals surface area contributed by atoms with Gasteiger partial charge in [-0.05, 0) is 0 Å². The largest absolute Gasteiger partial charge is 0.394 e. The molecule has 0 spiro atoms. The van der Waals surface area contributed by atoms with E-state index >= 15 is 0 Å². The van der Waals surface area contributed by atoms with Gasteiger partial charge in [-0.15, -0.1) is 0 Å². The van der Waals surface area contributed by atoms with Gasteiger partial charge in [0.25, 0.3) is 0 Å². The Kier molecular flexibility index (Phi) is 8.47. The molecule has 4 N–H and O–H groups in total. The summed E-state index contributed by atoms with van der Waals surface area (Å²) < 4.78 is 5.63. The van der Waals surface area contributed by atoms with Crippen molar-refractivity contribution in [3.8, 4) is 0 Å². The zero-order valence-electron chi connectivity index (χ0n) is 7.99. The third kappa shape index (κ3) is 5.18. The van der Waals surface area contributed by atoms with Crippen LogP contribution in [0.2, 0.25) is 0 Å². The number of aliphatic hydroxyl groups is 4. The van der Waals surface area contributed by atoms with Crippen LogP contribution in [0.5, 0.6) is 0 Å². The molecule has 0 aliphatic carbocycles. The van der Waals surface area contributed by atoms with Crippen LogP contribution in [0.3, 0.4) is 0 Å². The number of carbonyl (C=O) groups excluding carboxylic acids is 1. The van der Waals surface area contributed by atoms with Gasteiger partial charge in [0.2, 0.25) is 0 Å². The molecule has 90 valence electrons. The molecule has 0 aliphatic rings. The molecular formula is C8H15IO6.